The molecule has 2 fully saturated rings. The minimum atomic E-state index is -0.184. The average molecular weight is 417 g/mol. The molecule has 2 aliphatic rings. The monoisotopic (exact) mass is 416 g/mol. The standard InChI is InChI=1S/C21H29ClN6O/c1-27-8-10-28(11-9-27)14-15-2-7-19(23-12-15)18-13-24-21(22)26-20(18)25-16-3-5-17(29)6-4-16/h2,7,12-13,16-17,29H,3-6,8-11,14H2,1H3,(H,24,25,26). The molecule has 2 N–H and O–H groups in total. The molecule has 0 unspecified atom stereocenters. The van der Waals surface area contributed by atoms with Gasteiger partial charge in [0, 0.05) is 51.2 Å². The van der Waals surface area contributed by atoms with Crippen LogP contribution in [-0.2, 0) is 6.54 Å². The first-order chi connectivity index (χ1) is 14.1. The number of piperazine rings is 1. The highest BCUT2D eigenvalue weighted by Gasteiger charge is 2.21. The Bertz CT molecular complexity index is 801. The summed E-state index contributed by atoms with van der Waals surface area (Å²) in [5.41, 5.74) is 2.90. The number of nitrogens with one attached hydrogen (secondary N) is 1. The van der Waals surface area contributed by atoms with Crippen LogP contribution in [0.1, 0.15) is 31.2 Å². The molecule has 2 aromatic rings. The highest BCUT2D eigenvalue weighted by atomic mass is 35.5. The number of nitrogens with zero attached hydrogens (tertiary/aromatic N) is 5. The number of anilines is 1. The summed E-state index contributed by atoms with van der Waals surface area (Å²) in [6.07, 6.45) is 6.95. The van der Waals surface area contributed by atoms with Crippen LogP contribution in [0.4, 0.5) is 5.82 Å². The molecule has 1 saturated heterocycles. The fraction of sp³-hybridized carbons (Fsp3) is 0.571. The van der Waals surface area contributed by atoms with Crippen LogP contribution in [0.2, 0.25) is 5.28 Å². The van der Waals surface area contributed by atoms with E-state index < -0.39 is 0 Å². The first-order valence-electron chi connectivity index (χ1n) is 10.4. The largest absolute Gasteiger partial charge is 0.393 e. The smallest absolute Gasteiger partial charge is 0.224 e. The Balaban J connectivity index is 1.46. The maximum Gasteiger partial charge on any atom is 0.224 e. The van der Waals surface area contributed by atoms with E-state index in [0.29, 0.717) is 5.82 Å². The van der Waals surface area contributed by atoms with Crippen molar-refractivity contribution in [2.45, 2.75) is 44.4 Å². The van der Waals surface area contributed by atoms with Crippen molar-refractivity contribution >= 4 is 17.4 Å². The molecule has 0 amide bonds. The molecular weight excluding hydrogens is 388 g/mol. The number of rotatable bonds is 5. The van der Waals surface area contributed by atoms with Gasteiger partial charge < -0.3 is 15.3 Å². The van der Waals surface area contributed by atoms with E-state index >= 15 is 0 Å². The van der Waals surface area contributed by atoms with Gasteiger partial charge in [-0.05, 0) is 56.0 Å². The second kappa shape index (κ2) is 9.34. The summed E-state index contributed by atoms with van der Waals surface area (Å²) in [4.78, 5) is 18.1. The van der Waals surface area contributed by atoms with Crippen molar-refractivity contribution in [3.63, 3.8) is 0 Å². The van der Waals surface area contributed by atoms with E-state index in [2.05, 4.69) is 43.2 Å². The first kappa shape index (κ1) is 20.5. The Hall–Kier alpha value is -1.80. The van der Waals surface area contributed by atoms with Crippen LogP contribution >= 0.6 is 11.6 Å². The van der Waals surface area contributed by atoms with Crippen molar-refractivity contribution in [3.8, 4) is 11.3 Å². The summed E-state index contributed by atoms with van der Waals surface area (Å²) in [5.74, 6) is 0.714. The fourth-order valence-electron chi connectivity index (χ4n) is 4.01. The molecule has 0 spiro atoms. The summed E-state index contributed by atoms with van der Waals surface area (Å²) >= 11 is 6.06. The van der Waals surface area contributed by atoms with Crippen molar-refractivity contribution in [1.29, 1.82) is 0 Å². The van der Waals surface area contributed by atoms with E-state index in [1.165, 1.54) is 5.56 Å². The molecule has 0 radical (unpaired) electrons. The van der Waals surface area contributed by atoms with Crippen LogP contribution in [0.15, 0.2) is 24.5 Å². The van der Waals surface area contributed by atoms with Gasteiger partial charge in [-0.3, -0.25) is 9.88 Å². The zero-order valence-electron chi connectivity index (χ0n) is 16.9. The summed E-state index contributed by atoms with van der Waals surface area (Å²) < 4.78 is 0. The van der Waals surface area contributed by atoms with Gasteiger partial charge in [-0.1, -0.05) is 6.07 Å². The fourth-order valence-corrected chi connectivity index (χ4v) is 4.15. The van der Waals surface area contributed by atoms with Gasteiger partial charge in [0.1, 0.15) is 5.82 Å². The third kappa shape index (κ3) is 5.42. The Labute approximate surface area is 177 Å². The number of aromatic nitrogens is 3. The molecule has 8 heteroatoms. The summed E-state index contributed by atoms with van der Waals surface area (Å²) in [5, 5.41) is 13.5. The van der Waals surface area contributed by atoms with Gasteiger partial charge in [0.15, 0.2) is 0 Å². The van der Waals surface area contributed by atoms with Crippen LogP contribution in [0.25, 0.3) is 11.3 Å². The Morgan fingerprint density at radius 3 is 2.52 bits per heavy atom. The van der Waals surface area contributed by atoms with Gasteiger partial charge in [-0.2, -0.15) is 0 Å². The molecule has 0 aromatic carbocycles. The maximum atomic E-state index is 9.74. The van der Waals surface area contributed by atoms with E-state index in [1.54, 1.807) is 6.20 Å². The highest BCUT2D eigenvalue weighted by molar-refractivity contribution is 6.28. The summed E-state index contributed by atoms with van der Waals surface area (Å²) in [6.45, 7) is 5.33. The second-order valence-corrected chi connectivity index (χ2v) is 8.52. The Morgan fingerprint density at radius 1 is 1.07 bits per heavy atom. The zero-order chi connectivity index (χ0) is 20.2. The molecule has 156 valence electrons. The molecule has 7 nitrogen and oxygen atoms in total. The molecule has 3 heterocycles. The second-order valence-electron chi connectivity index (χ2n) is 8.18. The van der Waals surface area contributed by atoms with Gasteiger partial charge >= 0.3 is 0 Å². The summed E-state index contributed by atoms with van der Waals surface area (Å²) in [6, 6.07) is 4.45. The van der Waals surface area contributed by atoms with Crippen molar-refractivity contribution in [2.75, 3.05) is 38.5 Å². The van der Waals surface area contributed by atoms with Gasteiger partial charge in [0.25, 0.3) is 0 Å². The van der Waals surface area contributed by atoms with Crippen LogP contribution in [0.5, 0.6) is 0 Å². The number of halogens is 1. The molecule has 1 aliphatic heterocycles. The third-order valence-electron chi connectivity index (χ3n) is 5.90. The first-order valence-corrected chi connectivity index (χ1v) is 10.8. The van der Waals surface area contributed by atoms with E-state index in [0.717, 1.165) is 69.7 Å². The molecule has 29 heavy (non-hydrogen) atoms. The predicted octanol–water partition coefficient (Wildman–Crippen LogP) is 2.65. The van der Waals surface area contributed by atoms with Crippen LogP contribution in [0, 0.1) is 0 Å². The molecule has 0 atom stereocenters. The van der Waals surface area contributed by atoms with Crippen molar-refractivity contribution in [3.05, 3.63) is 35.4 Å². The van der Waals surface area contributed by atoms with Crippen molar-refractivity contribution in [1.82, 2.24) is 24.8 Å². The van der Waals surface area contributed by atoms with Crippen molar-refractivity contribution < 1.29 is 5.11 Å². The number of aliphatic hydroxyl groups excluding tert-OH is 1. The van der Waals surface area contributed by atoms with Crippen LogP contribution < -0.4 is 5.32 Å². The SMILES string of the molecule is CN1CCN(Cc2ccc(-c3cnc(Cl)nc3NC3CCC(O)CC3)nc2)CC1. The Morgan fingerprint density at radius 2 is 1.83 bits per heavy atom. The lowest BCUT2D eigenvalue weighted by Crippen LogP contribution is -2.43. The molecule has 4 rings (SSSR count). The average Bonchev–Trinajstić information content (AvgIpc) is 2.72. The molecule has 1 saturated carbocycles. The highest BCUT2D eigenvalue weighted by Crippen LogP contribution is 2.29. The van der Waals surface area contributed by atoms with E-state index in [4.69, 9.17) is 11.6 Å². The van der Waals surface area contributed by atoms with E-state index in [9.17, 15) is 5.11 Å². The number of pyridine rings is 1. The number of hydrogen-bond donors (Lipinski definition) is 2. The topological polar surface area (TPSA) is 77.4 Å². The van der Waals surface area contributed by atoms with Gasteiger partial charge in [0.2, 0.25) is 5.28 Å². The normalized spacial score (nSPS) is 23.8. The van der Waals surface area contributed by atoms with Gasteiger partial charge in [0.05, 0.1) is 17.4 Å². The molecule has 2 aromatic heterocycles. The predicted molar refractivity (Wildman–Crippen MR) is 115 cm³/mol. The minimum absolute atomic E-state index is 0.184. The lowest BCUT2D eigenvalue weighted by molar-refractivity contribution is 0.126. The maximum absolute atomic E-state index is 9.74. The number of aliphatic hydroxyl groups is 1. The van der Waals surface area contributed by atoms with E-state index in [-0.39, 0.29) is 17.4 Å². The minimum Gasteiger partial charge on any atom is -0.393 e. The molecule has 1 aliphatic carbocycles. The zero-order valence-corrected chi connectivity index (χ0v) is 17.6. The molecular formula is C21H29ClN6O. The van der Waals surface area contributed by atoms with Gasteiger partial charge in [-0.15, -0.1) is 0 Å². The quantitative estimate of drug-likeness (QED) is 0.725. The van der Waals surface area contributed by atoms with Crippen molar-refractivity contribution in [2.24, 2.45) is 0 Å². The van der Waals surface area contributed by atoms with Crippen LogP contribution in [0.3, 0.4) is 0 Å². The third-order valence-corrected chi connectivity index (χ3v) is 6.08. The number of hydrogen-bond acceptors (Lipinski definition) is 7. The van der Waals surface area contributed by atoms with Gasteiger partial charge in [-0.25, -0.2) is 9.97 Å². The van der Waals surface area contributed by atoms with Crippen LogP contribution in [-0.4, -0.2) is 75.2 Å². The Kier molecular flexibility index (Phi) is 6.60. The summed E-state index contributed by atoms with van der Waals surface area (Å²) in [7, 11) is 2.17. The number of likely N-dealkylation sites (N-methyl/N-ethyl adjacent to an activating group) is 1. The lowest BCUT2D eigenvalue weighted by Gasteiger charge is -2.32. The lowest BCUT2D eigenvalue weighted by atomic mass is 9.93. The van der Waals surface area contributed by atoms with E-state index in [1.807, 2.05) is 12.3 Å². The molecule has 0 bridgehead atoms.